The first-order valence-electron chi connectivity index (χ1n) is 12.1. The Hall–Kier alpha value is -2.51. The number of carbonyl (C=O) groups is 4. The van der Waals surface area contributed by atoms with Crippen molar-refractivity contribution in [1.82, 2.24) is 10.2 Å². The number of cyclic esters (lactones) is 1. The monoisotopic (exact) mass is 628 g/mol. The van der Waals surface area contributed by atoms with Gasteiger partial charge in [0.05, 0.1) is 28.9 Å². The number of amides is 4. The van der Waals surface area contributed by atoms with Crippen molar-refractivity contribution in [3.63, 3.8) is 0 Å². The Balaban J connectivity index is 0.00000400. The van der Waals surface area contributed by atoms with Crippen LogP contribution in [0.2, 0.25) is 4.34 Å². The standard InChI is InChI=1S/C25H29ClN4O6S.BrH/c1-27-11-3-2-4-22(31)30(24(33)20-9-10-21(26)37-20)15-19-14-29(25(34)36-19)18-7-5-17(6-8-18)28-12-13-35-16-23(28)32;/h5-10,19,27H,2-4,11-16H2,1H3;1H/t19-;/m1./s1. The second-order valence-corrected chi connectivity index (χ2v) is 10.4. The van der Waals surface area contributed by atoms with E-state index in [1.54, 1.807) is 41.3 Å². The highest BCUT2D eigenvalue weighted by Crippen LogP contribution is 2.27. The Labute approximate surface area is 240 Å². The molecule has 13 heteroatoms. The minimum atomic E-state index is -0.686. The lowest BCUT2D eigenvalue weighted by atomic mass is 10.2. The number of ether oxygens (including phenoxy) is 2. The van der Waals surface area contributed by atoms with Gasteiger partial charge in [0.1, 0.15) is 12.7 Å². The fraction of sp³-hybridized carbons (Fsp3) is 0.440. The zero-order chi connectivity index (χ0) is 26.4. The van der Waals surface area contributed by atoms with Gasteiger partial charge in [-0.05, 0) is 62.8 Å². The lowest BCUT2D eigenvalue weighted by Crippen LogP contribution is -2.43. The zero-order valence-electron chi connectivity index (χ0n) is 20.9. The molecule has 3 heterocycles. The Bertz CT molecular complexity index is 1150. The molecular weight excluding hydrogens is 600 g/mol. The number of benzene rings is 1. The first-order valence-corrected chi connectivity index (χ1v) is 13.3. The van der Waals surface area contributed by atoms with Crippen LogP contribution < -0.4 is 15.1 Å². The molecule has 10 nitrogen and oxygen atoms in total. The summed E-state index contributed by atoms with van der Waals surface area (Å²) < 4.78 is 11.2. The maximum atomic E-state index is 13.2. The number of morpholine rings is 1. The average Bonchev–Trinajstić information content (AvgIpc) is 3.50. The highest BCUT2D eigenvalue weighted by Gasteiger charge is 2.36. The number of unbranched alkanes of at least 4 members (excludes halogenated alkanes) is 1. The van der Waals surface area contributed by atoms with Gasteiger partial charge in [-0.2, -0.15) is 0 Å². The van der Waals surface area contributed by atoms with Crippen LogP contribution in [0.3, 0.4) is 0 Å². The van der Waals surface area contributed by atoms with Gasteiger partial charge in [-0.15, -0.1) is 28.3 Å². The van der Waals surface area contributed by atoms with Crippen LogP contribution >= 0.6 is 39.9 Å². The van der Waals surface area contributed by atoms with Crippen LogP contribution in [0, 0.1) is 0 Å². The van der Waals surface area contributed by atoms with Crippen LogP contribution in [0.15, 0.2) is 36.4 Å². The number of hydrogen-bond acceptors (Lipinski definition) is 8. The van der Waals surface area contributed by atoms with Gasteiger partial charge in [-0.1, -0.05) is 11.6 Å². The van der Waals surface area contributed by atoms with E-state index >= 15 is 0 Å². The summed E-state index contributed by atoms with van der Waals surface area (Å²) in [6.07, 6.45) is 0.386. The van der Waals surface area contributed by atoms with Crippen molar-refractivity contribution in [2.75, 3.05) is 56.2 Å². The lowest BCUT2D eigenvalue weighted by Gasteiger charge is -2.27. The molecule has 1 aromatic carbocycles. The molecule has 0 saturated carbocycles. The summed E-state index contributed by atoms with van der Waals surface area (Å²) in [7, 11) is 1.84. The summed E-state index contributed by atoms with van der Waals surface area (Å²) in [5.41, 5.74) is 1.31. The number of hydrogen-bond donors (Lipinski definition) is 1. The number of nitrogens with zero attached hydrogens (tertiary/aromatic N) is 3. The number of carbonyl (C=O) groups excluding carboxylic acids is 4. The summed E-state index contributed by atoms with van der Waals surface area (Å²) in [6.45, 7) is 1.87. The Kier molecular flexibility index (Phi) is 11.1. The van der Waals surface area contributed by atoms with Gasteiger partial charge in [0.15, 0.2) is 0 Å². The number of imide groups is 1. The largest absolute Gasteiger partial charge is 0.442 e. The van der Waals surface area contributed by atoms with Gasteiger partial charge < -0.3 is 19.7 Å². The van der Waals surface area contributed by atoms with Crippen LogP contribution in [0.25, 0.3) is 0 Å². The van der Waals surface area contributed by atoms with Crippen molar-refractivity contribution in [2.45, 2.75) is 25.4 Å². The molecule has 1 N–H and O–H groups in total. The Morgan fingerprint density at radius 3 is 2.45 bits per heavy atom. The van der Waals surface area contributed by atoms with E-state index in [1.807, 2.05) is 7.05 Å². The van der Waals surface area contributed by atoms with Crippen molar-refractivity contribution < 1.29 is 28.7 Å². The number of anilines is 2. The Morgan fingerprint density at radius 2 is 1.82 bits per heavy atom. The van der Waals surface area contributed by atoms with E-state index in [4.69, 9.17) is 21.1 Å². The predicted octanol–water partition coefficient (Wildman–Crippen LogP) is 3.73. The fourth-order valence-electron chi connectivity index (χ4n) is 4.21. The molecule has 0 bridgehead atoms. The van der Waals surface area contributed by atoms with E-state index in [9.17, 15) is 19.2 Å². The van der Waals surface area contributed by atoms with Gasteiger partial charge in [-0.25, -0.2) is 4.79 Å². The van der Waals surface area contributed by atoms with Gasteiger partial charge in [0.2, 0.25) is 5.91 Å². The maximum Gasteiger partial charge on any atom is 0.414 e. The molecule has 206 valence electrons. The summed E-state index contributed by atoms with van der Waals surface area (Å²) >= 11 is 7.10. The number of thiophene rings is 1. The smallest absolute Gasteiger partial charge is 0.414 e. The van der Waals surface area contributed by atoms with Crippen LogP contribution in [0.4, 0.5) is 16.2 Å². The van der Waals surface area contributed by atoms with Crippen LogP contribution in [-0.2, 0) is 19.1 Å². The van der Waals surface area contributed by atoms with Crippen LogP contribution in [-0.4, -0.2) is 81.3 Å². The molecule has 0 aliphatic carbocycles. The molecule has 2 aliphatic heterocycles. The molecule has 4 amide bonds. The quantitative estimate of drug-likeness (QED) is 0.399. The molecule has 38 heavy (non-hydrogen) atoms. The van der Waals surface area contributed by atoms with Crippen molar-refractivity contribution in [3.8, 4) is 0 Å². The summed E-state index contributed by atoms with van der Waals surface area (Å²) in [6, 6.07) is 10.2. The molecule has 1 atom stereocenters. The van der Waals surface area contributed by atoms with Crippen LogP contribution in [0.5, 0.6) is 0 Å². The van der Waals surface area contributed by atoms with E-state index in [0.717, 1.165) is 34.9 Å². The van der Waals surface area contributed by atoms with Gasteiger partial charge in [0.25, 0.3) is 11.8 Å². The number of rotatable bonds is 10. The predicted molar refractivity (Wildman–Crippen MR) is 151 cm³/mol. The first kappa shape index (κ1) is 30.0. The highest BCUT2D eigenvalue weighted by molar-refractivity contribution is 8.93. The Morgan fingerprint density at radius 1 is 1.11 bits per heavy atom. The molecule has 0 spiro atoms. The second-order valence-electron chi connectivity index (χ2n) is 8.70. The fourth-order valence-corrected chi connectivity index (χ4v) is 5.20. The molecule has 1 aromatic heterocycles. The zero-order valence-corrected chi connectivity index (χ0v) is 24.2. The minimum absolute atomic E-state index is 0. The van der Waals surface area contributed by atoms with E-state index < -0.39 is 18.1 Å². The van der Waals surface area contributed by atoms with Crippen LogP contribution in [0.1, 0.15) is 28.9 Å². The van der Waals surface area contributed by atoms with Gasteiger partial charge in [0, 0.05) is 24.3 Å². The SMILES string of the molecule is Br.CNCCCCC(=O)N(C[C@H]1CN(c2ccc(N3CCOCC3=O)cc2)C(=O)O1)C(=O)c1ccc(Cl)s1. The molecule has 2 aliphatic rings. The maximum absolute atomic E-state index is 13.2. The molecule has 2 saturated heterocycles. The summed E-state index contributed by atoms with van der Waals surface area (Å²) in [5, 5.41) is 3.04. The molecule has 2 fully saturated rings. The number of nitrogens with one attached hydrogen (secondary N) is 1. The van der Waals surface area contributed by atoms with E-state index in [1.165, 1.54) is 4.90 Å². The lowest BCUT2D eigenvalue weighted by molar-refractivity contribution is -0.129. The number of halogens is 2. The summed E-state index contributed by atoms with van der Waals surface area (Å²) in [4.78, 5) is 55.6. The minimum Gasteiger partial charge on any atom is -0.442 e. The molecule has 0 radical (unpaired) electrons. The summed E-state index contributed by atoms with van der Waals surface area (Å²) in [5.74, 6) is -0.892. The van der Waals surface area contributed by atoms with Gasteiger partial charge >= 0.3 is 6.09 Å². The third-order valence-electron chi connectivity index (χ3n) is 6.12. The topological polar surface area (TPSA) is 108 Å². The highest BCUT2D eigenvalue weighted by atomic mass is 79.9. The first-order chi connectivity index (χ1) is 17.9. The van der Waals surface area contributed by atoms with E-state index in [-0.39, 0.29) is 54.9 Å². The van der Waals surface area contributed by atoms with Crippen molar-refractivity contribution >= 4 is 75.1 Å². The van der Waals surface area contributed by atoms with Gasteiger partial charge in [-0.3, -0.25) is 24.2 Å². The molecule has 4 rings (SSSR count). The molecular formula is C25H30BrClN4O6S. The average molecular weight is 630 g/mol. The molecule has 2 aromatic rings. The third kappa shape index (κ3) is 7.32. The van der Waals surface area contributed by atoms with E-state index in [0.29, 0.717) is 34.5 Å². The second kappa shape index (κ2) is 14.0. The third-order valence-corrected chi connectivity index (χ3v) is 7.34. The molecule has 0 unspecified atom stereocenters. The van der Waals surface area contributed by atoms with Crippen molar-refractivity contribution in [1.29, 1.82) is 0 Å². The van der Waals surface area contributed by atoms with E-state index in [2.05, 4.69) is 5.32 Å². The van der Waals surface area contributed by atoms with Crippen molar-refractivity contribution in [2.24, 2.45) is 0 Å². The van der Waals surface area contributed by atoms with Crippen molar-refractivity contribution in [3.05, 3.63) is 45.6 Å². The normalized spacial score (nSPS) is 17.3.